The van der Waals surface area contributed by atoms with Crippen molar-refractivity contribution in [3.8, 4) is 0 Å². The van der Waals surface area contributed by atoms with E-state index in [-0.39, 0.29) is 31.3 Å². The second-order valence-corrected chi connectivity index (χ2v) is 6.79. The lowest BCUT2D eigenvalue weighted by molar-refractivity contribution is -0.141. The first-order valence-electron chi connectivity index (χ1n) is 7.96. The number of nitrogens with zero attached hydrogens (tertiary/aromatic N) is 1. The summed E-state index contributed by atoms with van der Waals surface area (Å²) in [5.41, 5.74) is 1.63. The number of benzene rings is 1. The Kier molecular flexibility index (Phi) is 5.14. The van der Waals surface area contributed by atoms with Gasteiger partial charge in [0.15, 0.2) is 0 Å². The second-order valence-electron chi connectivity index (χ2n) is 5.85. The van der Waals surface area contributed by atoms with Crippen LogP contribution >= 0.6 is 11.3 Å². The molecule has 2 N–H and O–H groups in total. The van der Waals surface area contributed by atoms with Crippen LogP contribution in [0.25, 0.3) is 0 Å². The first kappa shape index (κ1) is 17.2. The van der Waals surface area contributed by atoms with E-state index in [1.807, 2.05) is 23.6 Å². The molecule has 7 heteroatoms. The number of aliphatic carboxylic acids is 1. The molecule has 2 aromatic rings. The van der Waals surface area contributed by atoms with Crippen LogP contribution in [0.5, 0.6) is 0 Å². The van der Waals surface area contributed by atoms with Crippen molar-refractivity contribution in [2.45, 2.75) is 18.9 Å². The van der Waals surface area contributed by atoms with E-state index in [1.54, 1.807) is 23.1 Å². The normalized spacial score (nSPS) is 16.2. The van der Waals surface area contributed by atoms with Crippen LogP contribution in [0.4, 0.5) is 0 Å². The molecule has 1 aromatic heterocycles. The van der Waals surface area contributed by atoms with Crippen LogP contribution in [0.3, 0.4) is 0 Å². The number of amides is 2. The summed E-state index contributed by atoms with van der Waals surface area (Å²) in [6, 6.07) is 10.8. The molecule has 1 aliphatic heterocycles. The fourth-order valence-electron chi connectivity index (χ4n) is 2.94. The molecule has 0 fully saturated rings. The second kappa shape index (κ2) is 7.48. The summed E-state index contributed by atoms with van der Waals surface area (Å²) in [5, 5.41) is 14.0. The first-order chi connectivity index (χ1) is 12.1. The van der Waals surface area contributed by atoms with Crippen molar-refractivity contribution in [2.75, 3.05) is 13.1 Å². The van der Waals surface area contributed by atoms with Crippen molar-refractivity contribution in [2.24, 2.45) is 0 Å². The molecule has 2 heterocycles. The molecule has 25 heavy (non-hydrogen) atoms. The minimum atomic E-state index is -0.934. The van der Waals surface area contributed by atoms with Gasteiger partial charge in [-0.05, 0) is 22.6 Å². The third-order valence-corrected chi connectivity index (χ3v) is 5.08. The number of hydrogen-bond donors (Lipinski definition) is 2. The number of carboxylic acids is 1. The molecule has 2 amide bonds. The van der Waals surface area contributed by atoms with Crippen molar-refractivity contribution in [1.29, 1.82) is 0 Å². The summed E-state index contributed by atoms with van der Waals surface area (Å²) in [6.07, 6.45) is 0.144. The highest BCUT2D eigenvalue weighted by Crippen LogP contribution is 2.28. The molecule has 1 aliphatic rings. The minimum absolute atomic E-state index is 0.144. The summed E-state index contributed by atoms with van der Waals surface area (Å²) in [5.74, 6) is -2.01. The standard InChI is InChI=1S/C18H18N2O4S/c21-16(7-8-19-17(22)15-6-3-9-25-15)20-10-12-4-1-2-5-13(12)14(11-20)18(23)24/h1-6,9,14H,7-8,10-11H2,(H,19,22)(H,23,24). The van der Waals surface area contributed by atoms with E-state index in [4.69, 9.17) is 0 Å². The van der Waals surface area contributed by atoms with Gasteiger partial charge in [-0.1, -0.05) is 30.3 Å². The molecule has 1 aromatic carbocycles. The number of fused-ring (bicyclic) bond motifs is 1. The van der Waals surface area contributed by atoms with Crippen molar-refractivity contribution >= 4 is 29.1 Å². The molecule has 0 saturated heterocycles. The molecule has 0 radical (unpaired) electrons. The SMILES string of the molecule is O=C(NCCC(=O)N1Cc2ccccc2C(C(=O)O)C1)c1cccs1. The van der Waals surface area contributed by atoms with E-state index in [2.05, 4.69) is 5.32 Å². The Balaban J connectivity index is 1.59. The van der Waals surface area contributed by atoms with Gasteiger partial charge >= 0.3 is 5.97 Å². The smallest absolute Gasteiger partial charge is 0.312 e. The molecular formula is C18H18N2O4S. The molecule has 1 unspecified atom stereocenters. The molecule has 130 valence electrons. The maximum atomic E-state index is 12.4. The van der Waals surface area contributed by atoms with E-state index in [0.29, 0.717) is 11.4 Å². The van der Waals surface area contributed by atoms with E-state index in [9.17, 15) is 19.5 Å². The lowest BCUT2D eigenvalue weighted by Crippen LogP contribution is -2.41. The Bertz CT molecular complexity index is 788. The number of carbonyl (C=O) groups excluding carboxylic acids is 2. The van der Waals surface area contributed by atoms with E-state index < -0.39 is 11.9 Å². The number of rotatable bonds is 5. The van der Waals surface area contributed by atoms with Gasteiger partial charge in [-0.15, -0.1) is 11.3 Å². The molecule has 0 bridgehead atoms. The van der Waals surface area contributed by atoms with Crippen molar-refractivity contribution in [3.63, 3.8) is 0 Å². The molecule has 6 nitrogen and oxygen atoms in total. The molecule has 0 saturated carbocycles. The summed E-state index contributed by atoms with van der Waals surface area (Å²) >= 11 is 1.34. The number of thiophene rings is 1. The lowest BCUT2D eigenvalue weighted by Gasteiger charge is -2.33. The Morgan fingerprint density at radius 2 is 2.00 bits per heavy atom. The highest BCUT2D eigenvalue weighted by molar-refractivity contribution is 7.12. The quantitative estimate of drug-likeness (QED) is 0.857. The predicted octanol–water partition coefficient (Wildman–Crippen LogP) is 2.08. The average molecular weight is 358 g/mol. The summed E-state index contributed by atoms with van der Waals surface area (Å²) in [4.78, 5) is 38.0. The van der Waals surface area contributed by atoms with Gasteiger partial charge in [0.2, 0.25) is 5.91 Å². The zero-order valence-electron chi connectivity index (χ0n) is 13.5. The largest absolute Gasteiger partial charge is 0.481 e. The Hall–Kier alpha value is -2.67. The Labute approximate surface area is 149 Å². The van der Waals surface area contributed by atoms with Crippen LogP contribution in [0.1, 0.15) is 33.1 Å². The molecule has 3 rings (SSSR count). The third-order valence-electron chi connectivity index (χ3n) is 4.21. The predicted molar refractivity (Wildman–Crippen MR) is 93.5 cm³/mol. The van der Waals surface area contributed by atoms with Gasteiger partial charge in [0.25, 0.3) is 5.91 Å². The fraction of sp³-hybridized carbons (Fsp3) is 0.278. The van der Waals surface area contributed by atoms with Gasteiger partial charge in [-0.2, -0.15) is 0 Å². The Morgan fingerprint density at radius 1 is 1.20 bits per heavy atom. The van der Waals surface area contributed by atoms with Gasteiger partial charge in [0.1, 0.15) is 0 Å². The first-order valence-corrected chi connectivity index (χ1v) is 8.84. The average Bonchev–Trinajstić information content (AvgIpc) is 3.15. The van der Waals surface area contributed by atoms with E-state index >= 15 is 0 Å². The number of nitrogens with one attached hydrogen (secondary N) is 1. The maximum absolute atomic E-state index is 12.4. The number of hydrogen-bond acceptors (Lipinski definition) is 4. The summed E-state index contributed by atoms with van der Waals surface area (Å²) in [7, 11) is 0. The van der Waals surface area contributed by atoms with Gasteiger partial charge in [-0.25, -0.2) is 0 Å². The van der Waals surface area contributed by atoms with Crippen LogP contribution in [-0.4, -0.2) is 40.9 Å². The molecule has 0 aliphatic carbocycles. The fourth-order valence-corrected chi connectivity index (χ4v) is 3.58. The highest BCUT2D eigenvalue weighted by Gasteiger charge is 2.32. The van der Waals surface area contributed by atoms with Gasteiger partial charge in [0.05, 0.1) is 10.8 Å². The van der Waals surface area contributed by atoms with E-state index in [1.165, 1.54) is 11.3 Å². The zero-order valence-corrected chi connectivity index (χ0v) is 14.3. The van der Waals surface area contributed by atoms with Crippen LogP contribution in [0.2, 0.25) is 0 Å². The summed E-state index contributed by atoms with van der Waals surface area (Å²) in [6.45, 7) is 0.785. The van der Waals surface area contributed by atoms with E-state index in [0.717, 1.165) is 11.1 Å². The third kappa shape index (κ3) is 3.88. The number of carboxylic acid groups (broad SMARTS) is 1. The van der Waals surface area contributed by atoms with Crippen molar-refractivity contribution < 1.29 is 19.5 Å². The highest BCUT2D eigenvalue weighted by atomic mass is 32.1. The van der Waals surface area contributed by atoms with Crippen molar-refractivity contribution in [1.82, 2.24) is 10.2 Å². The zero-order chi connectivity index (χ0) is 17.8. The monoisotopic (exact) mass is 358 g/mol. The van der Waals surface area contributed by atoms with Crippen molar-refractivity contribution in [3.05, 3.63) is 57.8 Å². The maximum Gasteiger partial charge on any atom is 0.312 e. The molecule has 1 atom stereocenters. The van der Waals surface area contributed by atoms with Gasteiger partial charge in [-0.3, -0.25) is 14.4 Å². The lowest BCUT2D eigenvalue weighted by atomic mass is 9.89. The van der Waals surface area contributed by atoms with Crippen LogP contribution in [0.15, 0.2) is 41.8 Å². The Morgan fingerprint density at radius 3 is 2.72 bits per heavy atom. The minimum Gasteiger partial charge on any atom is -0.481 e. The molecular weight excluding hydrogens is 340 g/mol. The topological polar surface area (TPSA) is 86.7 Å². The van der Waals surface area contributed by atoms with Crippen LogP contribution in [0, 0.1) is 0 Å². The van der Waals surface area contributed by atoms with Crippen LogP contribution < -0.4 is 5.32 Å². The number of carbonyl (C=O) groups is 3. The van der Waals surface area contributed by atoms with Gasteiger partial charge in [0, 0.05) is 26.1 Å². The molecule has 0 spiro atoms. The summed E-state index contributed by atoms with van der Waals surface area (Å²) < 4.78 is 0. The van der Waals surface area contributed by atoms with Crippen LogP contribution in [-0.2, 0) is 16.1 Å². The van der Waals surface area contributed by atoms with Gasteiger partial charge < -0.3 is 15.3 Å².